The highest BCUT2D eigenvalue weighted by Crippen LogP contribution is 2.44. The highest BCUT2D eigenvalue weighted by molar-refractivity contribution is 8.02. The highest BCUT2D eigenvalue weighted by Gasteiger charge is 2.25. The first-order valence-electron chi connectivity index (χ1n) is 6.47. The zero-order valence-corrected chi connectivity index (χ0v) is 16.3. The molecule has 3 aromatic carbocycles. The Bertz CT molecular complexity index is 888. The smallest absolute Gasteiger partial charge is 0.242 e. The Labute approximate surface area is 165 Å². The molecule has 0 unspecified atom stereocenters. The predicted octanol–water partition coefficient (Wildman–Crippen LogP) is 6.20. The third-order valence-corrected chi connectivity index (χ3v) is 7.38. The molecular weight excluding hydrogens is 430 g/mol. The van der Waals surface area contributed by atoms with Crippen LogP contribution in [0.5, 0.6) is 0 Å². The summed E-state index contributed by atoms with van der Waals surface area (Å²) >= 11 is 26.6. The standard InChI is InChI=1S/C16H6Cl4O2S2/c17-7-3-1-4-8(18)13(7)23-15-11(21)12(22)16(15)24-14-9(19)5-2-6-10(14)20/h1-6H. The molecule has 3 rings (SSSR count). The van der Waals surface area contributed by atoms with Crippen molar-refractivity contribution in [2.24, 2.45) is 0 Å². The normalized spacial score (nSPS) is 11.2. The largest absolute Gasteiger partial charge is 0.284 e. The van der Waals surface area contributed by atoms with Crippen molar-refractivity contribution >= 4 is 69.9 Å². The van der Waals surface area contributed by atoms with Crippen LogP contribution in [0.4, 0.5) is 0 Å². The first kappa shape index (κ1) is 18.2. The maximum absolute atomic E-state index is 12.0. The van der Waals surface area contributed by atoms with E-state index in [-0.39, 0.29) is 9.79 Å². The van der Waals surface area contributed by atoms with Crippen molar-refractivity contribution in [3.63, 3.8) is 0 Å². The molecule has 0 amide bonds. The lowest BCUT2D eigenvalue weighted by Gasteiger charge is -2.13. The molecule has 0 bridgehead atoms. The van der Waals surface area contributed by atoms with Crippen molar-refractivity contribution in [3.8, 4) is 0 Å². The van der Waals surface area contributed by atoms with Crippen LogP contribution in [0.25, 0.3) is 0 Å². The summed E-state index contributed by atoms with van der Waals surface area (Å²) < 4.78 is 0. The number of hydrogen-bond acceptors (Lipinski definition) is 4. The van der Waals surface area contributed by atoms with Crippen LogP contribution < -0.4 is 10.9 Å². The van der Waals surface area contributed by atoms with Crippen molar-refractivity contribution in [1.82, 2.24) is 0 Å². The Kier molecular flexibility index (Phi) is 5.55. The lowest BCUT2D eigenvalue weighted by molar-refractivity contribution is 1.04. The average molecular weight is 436 g/mol. The zero-order chi connectivity index (χ0) is 17.4. The topological polar surface area (TPSA) is 34.1 Å². The first-order valence-corrected chi connectivity index (χ1v) is 9.61. The van der Waals surface area contributed by atoms with E-state index in [0.717, 1.165) is 23.5 Å². The fraction of sp³-hybridized carbons (Fsp3) is 0. The average Bonchev–Trinajstić information content (AvgIpc) is 2.55. The van der Waals surface area contributed by atoms with Crippen molar-refractivity contribution in [1.29, 1.82) is 0 Å². The monoisotopic (exact) mass is 434 g/mol. The van der Waals surface area contributed by atoms with Gasteiger partial charge in [0.05, 0.1) is 29.9 Å². The molecule has 122 valence electrons. The van der Waals surface area contributed by atoms with E-state index in [2.05, 4.69) is 0 Å². The van der Waals surface area contributed by atoms with Gasteiger partial charge in [-0.25, -0.2) is 0 Å². The molecule has 3 aromatic rings. The minimum atomic E-state index is -0.568. The summed E-state index contributed by atoms with van der Waals surface area (Å²) in [7, 11) is 0. The van der Waals surface area contributed by atoms with E-state index in [0.29, 0.717) is 29.9 Å². The third kappa shape index (κ3) is 3.36. The van der Waals surface area contributed by atoms with Crippen LogP contribution in [-0.4, -0.2) is 0 Å². The maximum Gasteiger partial charge on any atom is 0.242 e. The molecule has 24 heavy (non-hydrogen) atoms. The SMILES string of the molecule is O=c1c(Sc2c(Cl)cccc2Cl)c(Sc2c(Cl)cccc2Cl)c1=O. The number of hydrogen-bond donors (Lipinski definition) is 0. The van der Waals surface area contributed by atoms with Crippen LogP contribution in [0.15, 0.2) is 65.6 Å². The van der Waals surface area contributed by atoms with E-state index in [4.69, 9.17) is 46.4 Å². The Hall–Kier alpha value is -0.620. The third-order valence-electron chi connectivity index (χ3n) is 3.07. The van der Waals surface area contributed by atoms with Gasteiger partial charge in [0.25, 0.3) is 0 Å². The van der Waals surface area contributed by atoms with Gasteiger partial charge in [0.15, 0.2) is 0 Å². The summed E-state index contributed by atoms with van der Waals surface area (Å²) in [6.07, 6.45) is 0. The molecule has 0 heterocycles. The van der Waals surface area contributed by atoms with Gasteiger partial charge in [0, 0.05) is 9.79 Å². The molecule has 2 nitrogen and oxygen atoms in total. The van der Waals surface area contributed by atoms with Crippen LogP contribution in [0.2, 0.25) is 20.1 Å². The van der Waals surface area contributed by atoms with Crippen LogP contribution in [0.1, 0.15) is 0 Å². The predicted molar refractivity (Wildman–Crippen MR) is 103 cm³/mol. The van der Waals surface area contributed by atoms with Crippen LogP contribution in [-0.2, 0) is 0 Å². The van der Waals surface area contributed by atoms with Gasteiger partial charge in [-0.2, -0.15) is 0 Å². The minimum absolute atomic E-state index is 0.288. The number of benzene rings is 2. The summed E-state index contributed by atoms with van der Waals surface area (Å²) in [4.78, 5) is 25.6. The molecular formula is C16H6Cl4O2S2. The second kappa shape index (κ2) is 7.32. The van der Waals surface area contributed by atoms with Crippen molar-refractivity contribution < 1.29 is 0 Å². The molecule has 0 radical (unpaired) electrons. The maximum atomic E-state index is 12.0. The van der Waals surface area contributed by atoms with Crippen molar-refractivity contribution in [3.05, 3.63) is 76.9 Å². The Balaban J connectivity index is 2.00. The fourth-order valence-corrected chi connectivity index (χ4v) is 5.22. The molecule has 0 fully saturated rings. The summed E-state index contributed by atoms with van der Waals surface area (Å²) in [5.41, 5.74) is -1.14. The van der Waals surface area contributed by atoms with E-state index < -0.39 is 10.9 Å². The molecule has 0 N–H and O–H groups in total. The van der Waals surface area contributed by atoms with E-state index in [1.807, 2.05) is 0 Å². The minimum Gasteiger partial charge on any atom is -0.284 e. The van der Waals surface area contributed by atoms with Gasteiger partial charge < -0.3 is 0 Å². The van der Waals surface area contributed by atoms with Gasteiger partial charge in [-0.3, -0.25) is 9.59 Å². The molecule has 0 atom stereocenters. The summed E-state index contributed by atoms with van der Waals surface area (Å²) in [6.45, 7) is 0. The number of halogens is 4. The quantitative estimate of drug-likeness (QED) is 0.457. The molecule has 0 spiro atoms. The second-order valence-corrected chi connectivity index (χ2v) is 8.29. The van der Waals surface area contributed by atoms with E-state index in [1.165, 1.54) is 0 Å². The Morgan fingerprint density at radius 1 is 0.542 bits per heavy atom. The van der Waals surface area contributed by atoms with Gasteiger partial charge >= 0.3 is 0 Å². The van der Waals surface area contributed by atoms with Gasteiger partial charge in [0.1, 0.15) is 0 Å². The van der Waals surface area contributed by atoms with Gasteiger partial charge in [-0.15, -0.1) is 0 Å². The van der Waals surface area contributed by atoms with Crippen LogP contribution in [0, 0.1) is 0 Å². The first-order chi connectivity index (χ1) is 11.4. The summed E-state index contributed by atoms with van der Waals surface area (Å²) in [5, 5.41) is 1.64. The van der Waals surface area contributed by atoms with Crippen LogP contribution >= 0.6 is 69.9 Å². The molecule has 0 saturated carbocycles. The number of rotatable bonds is 4. The van der Waals surface area contributed by atoms with Crippen molar-refractivity contribution in [2.45, 2.75) is 19.6 Å². The Morgan fingerprint density at radius 2 is 0.833 bits per heavy atom. The van der Waals surface area contributed by atoms with Gasteiger partial charge in [-0.1, -0.05) is 82.1 Å². The molecule has 0 saturated heterocycles. The van der Waals surface area contributed by atoms with E-state index in [1.54, 1.807) is 36.4 Å². The fourth-order valence-electron chi connectivity index (χ4n) is 1.90. The van der Waals surface area contributed by atoms with E-state index in [9.17, 15) is 9.59 Å². The molecule has 0 aromatic heterocycles. The highest BCUT2D eigenvalue weighted by atomic mass is 35.5. The zero-order valence-electron chi connectivity index (χ0n) is 11.6. The van der Waals surface area contributed by atoms with Crippen LogP contribution in [0.3, 0.4) is 0 Å². The second-order valence-electron chi connectivity index (χ2n) is 4.62. The van der Waals surface area contributed by atoms with Gasteiger partial charge in [-0.05, 0) is 24.3 Å². The van der Waals surface area contributed by atoms with E-state index >= 15 is 0 Å². The molecule has 8 heteroatoms. The lowest BCUT2D eigenvalue weighted by Crippen LogP contribution is -2.34. The Morgan fingerprint density at radius 3 is 1.12 bits per heavy atom. The molecule has 0 aliphatic heterocycles. The summed E-state index contributed by atoms with van der Waals surface area (Å²) in [5.74, 6) is 0. The summed E-state index contributed by atoms with van der Waals surface area (Å²) in [6, 6.07) is 10.1. The lowest BCUT2D eigenvalue weighted by atomic mass is 10.3. The van der Waals surface area contributed by atoms with Crippen molar-refractivity contribution in [2.75, 3.05) is 0 Å². The molecule has 0 aliphatic rings. The molecule has 0 aliphatic carbocycles. The van der Waals surface area contributed by atoms with Gasteiger partial charge in [0.2, 0.25) is 10.9 Å².